The number of ether oxygens (including phenoxy) is 1. The zero-order valence-electron chi connectivity index (χ0n) is 18.3. The van der Waals surface area contributed by atoms with Crippen LogP contribution in [-0.4, -0.2) is 55.9 Å². The lowest BCUT2D eigenvalue weighted by Crippen LogP contribution is -2.38. The molecule has 0 saturated carbocycles. The lowest BCUT2D eigenvalue weighted by Gasteiger charge is -2.32. The number of aryl methyl sites for hydroxylation is 1. The van der Waals surface area contributed by atoms with Crippen molar-refractivity contribution in [3.05, 3.63) is 65.2 Å². The van der Waals surface area contributed by atoms with Gasteiger partial charge in [0.05, 0.1) is 7.11 Å². The smallest absolute Gasteiger partial charge is 0.253 e. The van der Waals surface area contributed by atoms with Gasteiger partial charge < -0.3 is 14.5 Å². The predicted octanol–water partition coefficient (Wildman–Crippen LogP) is 3.81. The molecule has 0 unspecified atom stereocenters. The zero-order chi connectivity index (χ0) is 21.5. The van der Waals surface area contributed by atoms with Crippen LogP contribution in [0.4, 0.5) is 0 Å². The van der Waals surface area contributed by atoms with Crippen LogP contribution < -0.4 is 4.74 Å². The van der Waals surface area contributed by atoms with Crippen LogP contribution >= 0.6 is 0 Å². The maximum atomic E-state index is 12.7. The normalized spacial score (nSPS) is 14.4. The van der Waals surface area contributed by atoms with Gasteiger partial charge in [0.1, 0.15) is 5.75 Å². The van der Waals surface area contributed by atoms with E-state index in [1.54, 1.807) is 26.1 Å². The van der Waals surface area contributed by atoms with Crippen molar-refractivity contribution in [2.75, 3.05) is 34.3 Å². The molecule has 0 aliphatic carbocycles. The average Bonchev–Trinajstić information content (AvgIpc) is 2.78. The van der Waals surface area contributed by atoms with E-state index in [1.807, 2.05) is 29.2 Å². The van der Waals surface area contributed by atoms with Crippen molar-refractivity contribution in [2.24, 2.45) is 5.92 Å². The first kappa shape index (κ1) is 21.9. The minimum Gasteiger partial charge on any atom is -0.497 e. The van der Waals surface area contributed by atoms with Crippen LogP contribution in [0.15, 0.2) is 48.5 Å². The highest BCUT2D eigenvalue weighted by Gasteiger charge is 2.23. The highest BCUT2D eigenvalue weighted by Crippen LogP contribution is 2.24. The molecule has 5 heteroatoms. The zero-order valence-corrected chi connectivity index (χ0v) is 18.3. The highest BCUT2D eigenvalue weighted by molar-refractivity contribution is 5.94. The van der Waals surface area contributed by atoms with Gasteiger partial charge in [-0.15, -0.1) is 0 Å². The van der Waals surface area contributed by atoms with Gasteiger partial charge >= 0.3 is 0 Å². The molecule has 1 fully saturated rings. The third-order valence-corrected chi connectivity index (χ3v) is 5.91. The van der Waals surface area contributed by atoms with Crippen LogP contribution in [0.25, 0.3) is 0 Å². The van der Waals surface area contributed by atoms with E-state index in [1.165, 1.54) is 11.1 Å². The van der Waals surface area contributed by atoms with Crippen molar-refractivity contribution in [1.29, 1.82) is 0 Å². The second-order valence-electron chi connectivity index (χ2n) is 8.27. The lowest BCUT2D eigenvalue weighted by atomic mass is 9.89. The second-order valence-corrected chi connectivity index (χ2v) is 8.27. The van der Waals surface area contributed by atoms with Gasteiger partial charge in [-0.2, -0.15) is 0 Å². The van der Waals surface area contributed by atoms with Crippen molar-refractivity contribution in [1.82, 2.24) is 9.80 Å². The Bertz CT molecular complexity index is 836. The van der Waals surface area contributed by atoms with Gasteiger partial charge in [-0.3, -0.25) is 9.59 Å². The summed E-state index contributed by atoms with van der Waals surface area (Å²) in [6, 6.07) is 16.0. The fourth-order valence-electron chi connectivity index (χ4n) is 3.91. The van der Waals surface area contributed by atoms with E-state index in [4.69, 9.17) is 4.74 Å². The minimum absolute atomic E-state index is 0.104. The SMILES string of the molecule is COc1ccc(C(=O)N2CCC(Cc3ccc(CCC(=O)N(C)C)cc3)CC2)cc1. The fraction of sp³-hybridized carbons (Fsp3) is 0.440. The summed E-state index contributed by atoms with van der Waals surface area (Å²) in [6.45, 7) is 1.61. The molecule has 2 aromatic rings. The number of amides is 2. The highest BCUT2D eigenvalue weighted by atomic mass is 16.5. The van der Waals surface area contributed by atoms with E-state index in [-0.39, 0.29) is 11.8 Å². The Labute approximate surface area is 179 Å². The number of hydrogen-bond acceptors (Lipinski definition) is 3. The molecule has 2 aromatic carbocycles. The summed E-state index contributed by atoms with van der Waals surface area (Å²) < 4.78 is 5.16. The maximum absolute atomic E-state index is 12.7. The molecule has 0 bridgehead atoms. The molecule has 160 valence electrons. The number of methoxy groups -OCH3 is 1. The molecule has 1 aliphatic heterocycles. The Morgan fingerprint density at radius 1 is 0.967 bits per heavy atom. The fourth-order valence-corrected chi connectivity index (χ4v) is 3.91. The first-order valence-electron chi connectivity index (χ1n) is 10.7. The number of hydrogen-bond donors (Lipinski definition) is 0. The van der Waals surface area contributed by atoms with Crippen molar-refractivity contribution >= 4 is 11.8 Å². The Morgan fingerprint density at radius 2 is 1.57 bits per heavy atom. The van der Waals surface area contributed by atoms with E-state index >= 15 is 0 Å². The number of likely N-dealkylation sites (tertiary alicyclic amines) is 1. The summed E-state index contributed by atoms with van der Waals surface area (Å²) in [5.74, 6) is 1.63. The Balaban J connectivity index is 1.46. The van der Waals surface area contributed by atoms with Crippen molar-refractivity contribution in [2.45, 2.75) is 32.1 Å². The molecule has 1 heterocycles. The lowest BCUT2D eigenvalue weighted by molar-refractivity contribution is -0.128. The van der Waals surface area contributed by atoms with E-state index in [9.17, 15) is 9.59 Å². The first-order valence-corrected chi connectivity index (χ1v) is 10.7. The predicted molar refractivity (Wildman–Crippen MR) is 119 cm³/mol. The number of rotatable bonds is 7. The number of carbonyl (C=O) groups excluding carboxylic acids is 2. The summed E-state index contributed by atoms with van der Waals surface area (Å²) in [5.41, 5.74) is 3.25. The molecule has 0 N–H and O–H groups in total. The summed E-state index contributed by atoms with van der Waals surface area (Å²) in [6.07, 6.45) is 4.43. The molecule has 0 atom stereocenters. The van der Waals surface area contributed by atoms with E-state index in [2.05, 4.69) is 24.3 Å². The maximum Gasteiger partial charge on any atom is 0.253 e. The van der Waals surface area contributed by atoms with Gasteiger partial charge in [0.15, 0.2) is 0 Å². The molecule has 1 saturated heterocycles. The van der Waals surface area contributed by atoms with E-state index in [0.29, 0.717) is 12.3 Å². The topological polar surface area (TPSA) is 49.9 Å². The van der Waals surface area contributed by atoms with Crippen LogP contribution in [0.2, 0.25) is 0 Å². The summed E-state index contributed by atoms with van der Waals surface area (Å²) in [4.78, 5) is 28.0. The first-order chi connectivity index (χ1) is 14.5. The van der Waals surface area contributed by atoms with Crippen molar-refractivity contribution in [3.63, 3.8) is 0 Å². The molecule has 5 nitrogen and oxygen atoms in total. The number of piperidine rings is 1. The van der Waals surface area contributed by atoms with Gasteiger partial charge in [0, 0.05) is 39.2 Å². The summed E-state index contributed by atoms with van der Waals surface area (Å²) >= 11 is 0. The van der Waals surface area contributed by atoms with E-state index in [0.717, 1.165) is 50.1 Å². The van der Waals surface area contributed by atoms with Gasteiger partial charge in [0.25, 0.3) is 5.91 Å². The van der Waals surface area contributed by atoms with Crippen LogP contribution in [0, 0.1) is 5.92 Å². The molecular formula is C25H32N2O3. The molecule has 30 heavy (non-hydrogen) atoms. The summed E-state index contributed by atoms with van der Waals surface area (Å²) in [7, 11) is 5.21. The monoisotopic (exact) mass is 408 g/mol. The van der Waals surface area contributed by atoms with Crippen molar-refractivity contribution < 1.29 is 14.3 Å². The van der Waals surface area contributed by atoms with Gasteiger partial charge in [-0.25, -0.2) is 0 Å². The third kappa shape index (κ3) is 5.85. The molecule has 0 aromatic heterocycles. The molecule has 1 aliphatic rings. The third-order valence-electron chi connectivity index (χ3n) is 5.91. The standard InChI is InChI=1S/C25H32N2O3/c1-26(2)24(28)13-8-19-4-6-20(7-5-19)18-21-14-16-27(17-15-21)25(29)22-9-11-23(30-3)12-10-22/h4-7,9-12,21H,8,13-18H2,1-3H3. The molecule has 0 spiro atoms. The van der Waals surface area contributed by atoms with Gasteiger partial charge in [-0.05, 0) is 67.0 Å². The molecule has 2 amide bonds. The Kier molecular flexibility index (Phi) is 7.50. The Morgan fingerprint density at radius 3 is 2.13 bits per heavy atom. The number of nitrogens with zero attached hydrogens (tertiary/aromatic N) is 2. The number of benzene rings is 2. The van der Waals surface area contributed by atoms with Gasteiger partial charge in [0.2, 0.25) is 5.91 Å². The largest absolute Gasteiger partial charge is 0.497 e. The molecule has 0 radical (unpaired) electrons. The molecular weight excluding hydrogens is 376 g/mol. The quantitative estimate of drug-likeness (QED) is 0.700. The van der Waals surface area contributed by atoms with Crippen LogP contribution in [0.1, 0.15) is 40.7 Å². The minimum atomic E-state index is 0.104. The summed E-state index contributed by atoms with van der Waals surface area (Å²) in [5, 5.41) is 0. The van der Waals surface area contributed by atoms with Gasteiger partial charge in [-0.1, -0.05) is 24.3 Å². The molecule has 3 rings (SSSR count). The van der Waals surface area contributed by atoms with Crippen LogP contribution in [0.3, 0.4) is 0 Å². The van der Waals surface area contributed by atoms with Crippen molar-refractivity contribution in [3.8, 4) is 5.75 Å². The second kappa shape index (κ2) is 10.3. The van der Waals surface area contributed by atoms with E-state index < -0.39 is 0 Å². The number of carbonyl (C=O) groups is 2. The van der Waals surface area contributed by atoms with Crippen LogP contribution in [0.5, 0.6) is 5.75 Å². The average molecular weight is 409 g/mol. The van der Waals surface area contributed by atoms with Crippen LogP contribution in [-0.2, 0) is 17.6 Å². The Hall–Kier alpha value is -2.82.